The molecule has 1 saturated carbocycles. The molecule has 1 aliphatic carbocycles. The second-order valence-corrected chi connectivity index (χ2v) is 6.55. The first-order valence-electron chi connectivity index (χ1n) is 8.18. The first kappa shape index (κ1) is 18.0. The number of carbonyl (C=O) groups is 2. The Balaban J connectivity index is 2.58. The Morgan fingerprint density at radius 1 is 1.29 bits per heavy atom. The zero-order valence-corrected chi connectivity index (χ0v) is 13.9. The van der Waals surface area contributed by atoms with Gasteiger partial charge in [0.05, 0.1) is 6.54 Å². The Bertz CT molecular complexity index is 357. The van der Waals surface area contributed by atoms with Gasteiger partial charge in [-0.2, -0.15) is 0 Å². The highest BCUT2D eigenvalue weighted by Gasteiger charge is 2.31. The lowest BCUT2D eigenvalue weighted by molar-refractivity contribution is -0.140. The third-order valence-electron chi connectivity index (χ3n) is 4.33. The molecule has 0 bridgehead atoms. The number of rotatable bonds is 6. The van der Waals surface area contributed by atoms with E-state index in [-0.39, 0.29) is 36.4 Å². The van der Waals surface area contributed by atoms with Gasteiger partial charge in [-0.1, -0.05) is 13.3 Å². The topological polar surface area (TPSA) is 75.4 Å². The first-order chi connectivity index (χ1) is 9.85. The number of hydrogen-bond donors (Lipinski definition) is 2. The van der Waals surface area contributed by atoms with E-state index < -0.39 is 0 Å². The highest BCUT2D eigenvalue weighted by atomic mass is 16.2. The standard InChI is InChI=1S/C16H31N3O2/c1-5-19(10-15(20)18-11(2)3)16(21)12(4)13-7-6-8-14(17)9-13/h11-14H,5-10,17H2,1-4H3,(H,18,20). The second kappa shape index (κ2) is 8.37. The van der Waals surface area contributed by atoms with Crippen molar-refractivity contribution in [1.29, 1.82) is 0 Å². The van der Waals surface area contributed by atoms with Crippen molar-refractivity contribution in [1.82, 2.24) is 10.2 Å². The van der Waals surface area contributed by atoms with E-state index in [0.29, 0.717) is 12.5 Å². The van der Waals surface area contributed by atoms with E-state index in [9.17, 15) is 9.59 Å². The van der Waals surface area contributed by atoms with Gasteiger partial charge in [0, 0.05) is 24.5 Å². The molecule has 0 spiro atoms. The molecule has 0 saturated heterocycles. The largest absolute Gasteiger partial charge is 0.352 e. The number of nitrogens with two attached hydrogens (primary N) is 1. The summed E-state index contributed by atoms with van der Waals surface area (Å²) in [7, 11) is 0. The zero-order valence-electron chi connectivity index (χ0n) is 13.9. The molecule has 1 aliphatic rings. The van der Waals surface area contributed by atoms with Crippen LogP contribution >= 0.6 is 0 Å². The Kier molecular flexibility index (Phi) is 7.15. The minimum Gasteiger partial charge on any atom is -0.352 e. The van der Waals surface area contributed by atoms with Crippen molar-refractivity contribution in [3.05, 3.63) is 0 Å². The number of nitrogens with one attached hydrogen (secondary N) is 1. The normalized spacial score (nSPS) is 23.7. The maximum absolute atomic E-state index is 12.6. The minimum atomic E-state index is -0.0901. The van der Waals surface area contributed by atoms with Crippen LogP contribution in [0.1, 0.15) is 53.4 Å². The molecule has 3 N–H and O–H groups in total. The van der Waals surface area contributed by atoms with Crippen LogP contribution in [0.15, 0.2) is 0 Å². The lowest BCUT2D eigenvalue weighted by atomic mass is 9.78. The van der Waals surface area contributed by atoms with Crippen LogP contribution in [0.25, 0.3) is 0 Å². The Morgan fingerprint density at radius 3 is 2.48 bits per heavy atom. The summed E-state index contributed by atoms with van der Waals surface area (Å²) < 4.78 is 0. The molecular formula is C16H31N3O2. The Labute approximate surface area is 128 Å². The molecule has 3 unspecified atom stereocenters. The zero-order chi connectivity index (χ0) is 16.0. The molecular weight excluding hydrogens is 266 g/mol. The van der Waals surface area contributed by atoms with Gasteiger partial charge in [0.25, 0.3) is 0 Å². The molecule has 0 aromatic carbocycles. The number of nitrogens with zero attached hydrogens (tertiary/aromatic N) is 1. The molecule has 5 nitrogen and oxygen atoms in total. The van der Waals surface area contributed by atoms with Crippen LogP contribution in [0.3, 0.4) is 0 Å². The summed E-state index contributed by atoms with van der Waals surface area (Å²) in [6.07, 6.45) is 4.15. The summed E-state index contributed by atoms with van der Waals surface area (Å²) in [5, 5.41) is 2.84. The summed E-state index contributed by atoms with van der Waals surface area (Å²) in [6, 6.07) is 0.318. The van der Waals surface area contributed by atoms with Crippen LogP contribution in [0.2, 0.25) is 0 Å². The average Bonchev–Trinajstić information content (AvgIpc) is 2.42. The molecule has 21 heavy (non-hydrogen) atoms. The molecule has 122 valence electrons. The van der Waals surface area contributed by atoms with Crippen LogP contribution in [0.4, 0.5) is 0 Å². The fourth-order valence-electron chi connectivity index (χ4n) is 3.10. The highest BCUT2D eigenvalue weighted by Crippen LogP contribution is 2.30. The summed E-state index contributed by atoms with van der Waals surface area (Å²) in [5.41, 5.74) is 6.02. The van der Waals surface area contributed by atoms with Gasteiger partial charge in [-0.15, -0.1) is 0 Å². The van der Waals surface area contributed by atoms with E-state index in [1.54, 1.807) is 4.90 Å². The molecule has 0 aromatic rings. The minimum absolute atomic E-state index is 0.0526. The van der Waals surface area contributed by atoms with Crippen LogP contribution in [0.5, 0.6) is 0 Å². The van der Waals surface area contributed by atoms with Crippen molar-refractivity contribution in [3.8, 4) is 0 Å². The molecule has 0 heterocycles. The lowest BCUT2D eigenvalue weighted by Crippen LogP contribution is -2.46. The van der Waals surface area contributed by atoms with Gasteiger partial charge in [-0.05, 0) is 46.0 Å². The van der Waals surface area contributed by atoms with Crippen molar-refractivity contribution in [2.45, 2.75) is 65.5 Å². The van der Waals surface area contributed by atoms with E-state index in [2.05, 4.69) is 5.32 Å². The first-order valence-corrected chi connectivity index (χ1v) is 8.18. The van der Waals surface area contributed by atoms with Crippen molar-refractivity contribution in [2.24, 2.45) is 17.6 Å². The van der Waals surface area contributed by atoms with E-state index in [1.807, 2.05) is 27.7 Å². The molecule has 1 rings (SSSR count). The van der Waals surface area contributed by atoms with Crippen LogP contribution < -0.4 is 11.1 Å². The number of hydrogen-bond acceptors (Lipinski definition) is 3. The fourth-order valence-corrected chi connectivity index (χ4v) is 3.10. The number of amides is 2. The number of carbonyl (C=O) groups excluding carboxylic acids is 2. The molecule has 3 atom stereocenters. The van der Waals surface area contributed by atoms with Crippen molar-refractivity contribution in [2.75, 3.05) is 13.1 Å². The van der Waals surface area contributed by atoms with E-state index in [1.165, 1.54) is 0 Å². The van der Waals surface area contributed by atoms with Crippen molar-refractivity contribution >= 4 is 11.8 Å². The third kappa shape index (κ3) is 5.65. The summed E-state index contributed by atoms with van der Waals surface area (Å²) in [6.45, 7) is 8.45. The smallest absolute Gasteiger partial charge is 0.239 e. The molecule has 0 aromatic heterocycles. The maximum atomic E-state index is 12.6. The quantitative estimate of drug-likeness (QED) is 0.780. The molecule has 5 heteroatoms. The molecule has 0 radical (unpaired) electrons. The monoisotopic (exact) mass is 297 g/mol. The van der Waals surface area contributed by atoms with Crippen LogP contribution in [-0.4, -0.2) is 41.9 Å². The maximum Gasteiger partial charge on any atom is 0.239 e. The second-order valence-electron chi connectivity index (χ2n) is 6.55. The molecule has 0 aliphatic heterocycles. The van der Waals surface area contributed by atoms with Gasteiger partial charge >= 0.3 is 0 Å². The van der Waals surface area contributed by atoms with Crippen molar-refractivity contribution < 1.29 is 9.59 Å². The summed E-state index contributed by atoms with van der Waals surface area (Å²) in [4.78, 5) is 26.1. The van der Waals surface area contributed by atoms with E-state index >= 15 is 0 Å². The van der Waals surface area contributed by atoms with Gasteiger partial charge in [0.2, 0.25) is 11.8 Å². The van der Waals surface area contributed by atoms with E-state index in [0.717, 1.165) is 25.7 Å². The van der Waals surface area contributed by atoms with Gasteiger partial charge < -0.3 is 16.0 Å². The van der Waals surface area contributed by atoms with Gasteiger partial charge in [-0.3, -0.25) is 9.59 Å². The van der Waals surface area contributed by atoms with Crippen LogP contribution in [0, 0.1) is 11.8 Å². The predicted octanol–water partition coefficient (Wildman–Crippen LogP) is 1.51. The summed E-state index contributed by atoms with van der Waals surface area (Å²) >= 11 is 0. The highest BCUT2D eigenvalue weighted by molar-refractivity contribution is 5.86. The Hall–Kier alpha value is -1.10. The lowest BCUT2D eigenvalue weighted by Gasteiger charge is -2.33. The number of likely N-dealkylation sites (N-methyl/N-ethyl adjacent to an activating group) is 1. The fraction of sp³-hybridized carbons (Fsp3) is 0.875. The van der Waals surface area contributed by atoms with Crippen LogP contribution in [-0.2, 0) is 9.59 Å². The third-order valence-corrected chi connectivity index (χ3v) is 4.33. The average molecular weight is 297 g/mol. The SMILES string of the molecule is CCN(CC(=O)NC(C)C)C(=O)C(C)C1CCCC(N)C1. The van der Waals surface area contributed by atoms with Gasteiger partial charge in [0.15, 0.2) is 0 Å². The predicted molar refractivity (Wildman–Crippen MR) is 84.6 cm³/mol. The van der Waals surface area contributed by atoms with Gasteiger partial charge in [0.1, 0.15) is 0 Å². The summed E-state index contributed by atoms with van der Waals surface area (Å²) in [5.74, 6) is 0.287. The van der Waals surface area contributed by atoms with Gasteiger partial charge in [-0.25, -0.2) is 0 Å². The molecule has 1 fully saturated rings. The Morgan fingerprint density at radius 2 is 1.95 bits per heavy atom. The van der Waals surface area contributed by atoms with E-state index in [4.69, 9.17) is 5.73 Å². The van der Waals surface area contributed by atoms with Crippen molar-refractivity contribution in [3.63, 3.8) is 0 Å². The molecule has 2 amide bonds.